The summed E-state index contributed by atoms with van der Waals surface area (Å²) in [5, 5.41) is 4.47. The van der Waals surface area contributed by atoms with Crippen molar-refractivity contribution < 1.29 is 9.59 Å². The molecule has 2 aromatic heterocycles. The van der Waals surface area contributed by atoms with Gasteiger partial charge in [0.1, 0.15) is 5.82 Å². The van der Waals surface area contributed by atoms with E-state index in [0.29, 0.717) is 42.3 Å². The maximum atomic E-state index is 13.0. The molecule has 0 aliphatic carbocycles. The van der Waals surface area contributed by atoms with Crippen molar-refractivity contribution in [2.45, 2.75) is 58.7 Å². The number of aromatic nitrogens is 3. The third-order valence-corrected chi connectivity index (χ3v) is 7.62. The Balaban J connectivity index is 1.24. The average Bonchev–Trinajstić information content (AvgIpc) is 3.18. The fourth-order valence-electron chi connectivity index (χ4n) is 5.92. The SMILES string of the molecule is CCn1cc(CN(C)C(=O)c2ccc(N3CC4CC(C3)[C@H]3CCCC(=O)N3C4)nc2)c(C)n1. The molecule has 3 saturated heterocycles. The molecule has 0 radical (unpaired) electrons. The van der Waals surface area contributed by atoms with Crippen LogP contribution in [-0.2, 0) is 17.9 Å². The van der Waals surface area contributed by atoms with E-state index in [-0.39, 0.29) is 5.91 Å². The molecule has 8 heteroatoms. The van der Waals surface area contributed by atoms with Crippen molar-refractivity contribution in [3.8, 4) is 0 Å². The minimum absolute atomic E-state index is 0.0374. The van der Waals surface area contributed by atoms with Crippen LogP contribution in [0.4, 0.5) is 5.82 Å². The Morgan fingerprint density at radius 2 is 2.09 bits per heavy atom. The molecule has 2 bridgehead atoms. The molecule has 0 spiro atoms. The van der Waals surface area contributed by atoms with Crippen LogP contribution < -0.4 is 4.90 Å². The lowest BCUT2D eigenvalue weighted by Gasteiger charge is -2.52. The van der Waals surface area contributed by atoms with Crippen molar-refractivity contribution in [1.82, 2.24) is 24.6 Å². The number of hydrogen-bond donors (Lipinski definition) is 0. The number of fused-ring (bicyclic) bond motifs is 4. The molecular formula is C25H34N6O2. The normalized spacial score (nSPS) is 24.6. The van der Waals surface area contributed by atoms with Gasteiger partial charge in [0.25, 0.3) is 5.91 Å². The van der Waals surface area contributed by atoms with Gasteiger partial charge in [0.05, 0.1) is 11.3 Å². The zero-order valence-electron chi connectivity index (χ0n) is 19.9. The lowest BCUT2D eigenvalue weighted by Crippen LogP contribution is -2.60. The van der Waals surface area contributed by atoms with Crippen molar-refractivity contribution in [1.29, 1.82) is 0 Å². The second-order valence-electron chi connectivity index (χ2n) is 9.93. The van der Waals surface area contributed by atoms with E-state index in [0.717, 1.165) is 56.1 Å². The van der Waals surface area contributed by atoms with Crippen LogP contribution in [0.2, 0.25) is 0 Å². The van der Waals surface area contributed by atoms with Gasteiger partial charge >= 0.3 is 0 Å². The lowest BCUT2D eigenvalue weighted by molar-refractivity contribution is -0.142. The zero-order chi connectivity index (χ0) is 23.1. The summed E-state index contributed by atoms with van der Waals surface area (Å²) < 4.78 is 1.90. The molecule has 33 heavy (non-hydrogen) atoms. The molecule has 0 N–H and O–H groups in total. The fourth-order valence-corrected chi connectivity index (χ4v) is 5.92. The molecule has 0 aromatic carbocycles. The molecule has 3 aliphatic heterocycles. The predicted molar refractivity (Wildman–Crippen MR) is 126 cm³/mol. The summed E-state index contributed by atoms with van der Waals surface area (Å²) in [6.07, 6.45) is 7.78. The van der Waals surface area contributed by atoms with Gasteiger partial charge in [-0.1, -0.05) is 0 Å². The first-order valence-corrected chi connectivity index (χ1v) is 12.2. The Bertz CT molecular complexity index is 1030. The highest BCUT2D eigenvalue weighted by Gasteiger charge is 2.44. The number of aryl methyl sites for hydroxylation is 2. The summed E-state index contributed by atoms with van der Waals surface area (Å²) in [7, 11) is 1.82. The summed E-state index contributed by atoms with van der Waals surface area (Å²) in [5.74, 6) is 2.26. The van der Waals surface area contributed by atoms with Crippen molar-refractivity contribution in [3.05, 3.63) is 41.3 Å². The largest absolute Gasteiger partial charge is 0.356 e. The van der Waals surface area contributed by atoms with Crippen molar-refractivity contribution in [2.24, 2.45) is 11.8 Å². The van der Waals surface area contributed by atoms with Gasteiger partial charge in [0.15, 0.2) is 0 Å². The molecule has 2 amide bonds. The van der Waals surface area contributed by atoms with Crippen molar-refractivity contribution in [3.63, 3.8) is 0 Å². The van der Waals surface area contributed by atoms with Gasteiger partial charge in [-0.05, 0) is 57.1 Å². The van der Waals surface area contributed by atoms with Gasteiger partial charge in [-0.2, -0.15) is 5.10 Å². The molecule has 8 nitrogen and oxygen atoms in total. The molecule has 2 unspecified atom stereocenters. The van der Waals surface area contributed by atoms with Crippen LogP contribution in [0.25, 0.3) is 0 Å². The maximum Gasteiger partial charge on any atom is 0.255 e. The average molecular weight is 451 g/mol. The van der Waals surface area contributed by atoms with Crippen molar-refractivity contribution >= 4 is 17.6 Å². The third kappa shape index (κ3) is 4.23. The van der Waals surface area contributed by atoms with Crippen molar-refractivity contribution in [2.75, 3.05) is 31.6 Å². The van der Waals surface area contributed by atoms with Crippen LogP contribution in [0.1, 0.15) is 54.2 Å². The quantitative estimate of drug-likeness (QED) is 0.700. The molecule has 176 valence electrons. The number of nitrogens with zero attached hydrogens (tertiary/aromatic N) is 6. The second-order valence-corrected chi connectivity index (χ2v) is 9.93. The standard InChI is InChI=1S/C25H34N6O2/c1-4-30-16-21(17(2)27-30)14-28(3)25(33)19-8-9-23(26-11-19)29-12-18-10-20(15-29)22-6-5-7-24(32)31(22)13-18/h8-9,11,16,18,20,22H,4-7,10,12-15H2,1-3H3/t18?,20?,22-/m1/s1. The molecule has 2 aromatic rings. The van der Waals surface area contributed by atoms with E-state index in [4.69, 9.17) is 0 Å². The van der Waals surface area contributed by atoms with Gasteiger partial charge in [-0.25, -0.2) is 4.98 Å². The summed E-state index contributed by atoms with van der Waals surface area (Å²) in [6, 6.07) is 4.26. The summed E-state index contributed by atoms with van der Waals surface area (Å²) in [5.41, 5.74) is 2.62. The second kappa shape index (κ2) is 8.80. The molecule has 3 fully saturated rings. The van der Waals surface area contributed by atoms with E-state index in [1.807, 2.05) is 37.0 Å². The van der Waals surface area contributed by atoms with E-state index in [9.17, 15) is 9.59 Å². The molecule has 5 heterocycles. The Kier molecular flexibility index (Phi) is 5.85. The topological polar surface area (TPSA) is 74.6 Å². The van der Waals surface area contributed by atoms with Crippen LogP contribution in [0.15, 0.2) is 24.5 Å². The van der Waals surface area contributed by atoms with Crippen LogP contribution in [0.3, 0.4) is 0 Å². The first kappa shape index (κ1) is 21.9. The minimum Gasteiger partial charge on any atom is -0.356 e. The maximum absolute atomic E-state index is 13.0. The van der Waals surface area contributed by atoms with Gasteiger partial charge < -0.3 is 14.7 Å². The first-order valence-electron chi connectivity index (χ1n) is 12.2. The van der Waals surface area contributed by atoms with Crippen LogP contribution in [-0.4, -0.2) is 69.1 Å². The fraction of sp³-hybridized carbons (Fsp3) is 0.600. The van der Waals surface area contributed by atoms with E-state index >= 15 is 0 Å². The zero-order valence-corrected chi connectivity index (χ0v) is 19.9. The van der Waals surface area contributed by atoms with E-state index < -0.39 is 0 Å². The molecule has 3 aliphatic rings. The van der Waals surface area contributed by atoms with E-state index in [1.165, 1.54) is 6.42 Å². The Hall–Kier alpha value is -2.90. The highest BCUT2D eigenvalue weighted by molar-refractivity contribution is 5.93. The number of rotatable bonds is 5. The number of carbonyl (C=O) groups excluding carboxylic acids is 2. The van der Waals surface area contributed by atoms with E-state index in [1.54, 1.807) is 11.1 Å². The number of carbonyl (C=O) groups is 2. The number of hydrogen-bond acceptors (Lipinski definition) is 5. The Morgan fingerprint density at radius 1 is 1.24 bits per heavy atom. The smallest absolute Gasteiger partial charge is 0.255 e. The molecule has 3 atom stereocenters. The lowest BCUT2D eigenvalue weighted by atomic mass is 9.76. The third-order valence-electron chi connectivity index (χ3n) is 7.62. The Morgan fingerprint density at radius 3 is 2.82 bits per heavy atom. The number of piperidine rings is 3. The number of anilines is 1. The summed E-state index contributed by atoms with van der Waals surface area (Å²) in [4.78, 5) is 36.3. The first-order chi connectivity index (χ1) is 15.9. The van der Waals surface area contributed by atoms with Crippen LogP contribution in [0.5, 0.6) is 0 Å². The van der Waals surface area contributed by atoms with Crippen LogP contribution >= 0.6 is 0 Å². The van der Waals surface area contributed by atoms with Gasteiger partial charge in [-0.3, -0.25) is 14.3 Å². The van der Waals surface area contributed by atoms with E-state index in [2.05, 4.69) is 26.8 Å². The monoisotopic (exact) mass is 450 g/mol. The highest BCUT2D eigenvalue weighted by Crippen LogP contribution is 2.38. The Labute approximate surface area is 195 Å². The summed E-state index contributed by atoms with van der Waals surface area (Å²) >= 11 is 0. The molecule has 0 saturated carbocycles. The molecule has 5 rings (SSSR count). The van der Waals surface area contributed by atoms with Gasteiger partial charge in [-0.15, -0.1) is 0 Å². The molecular weight excluding hydrogens is 416 g/mol. The summed E-state index contributed by atoms with van der Waals surface area (Å²) in [6.45, 7) is 8.12. The van der Waals surface area contributed by atoms with Gasteiger partial charge in [0, 0.05) is 70.2 Å². The highest BCUT2D eigenvalue weighted by atomic mass is 16.2. The number of amides is 2. The number of pyridine rings is 1. The predicted octanol–water partition coefficient (Wildman–Crippen LogP) is 2.72. The van der Waals surface area contributed by atoms with Gasteiger partial charge in [0.2, 0.25) is 5.91 Å². The van der Waals surface area contributed by atoms with Crippen LogP contribution in [0, 0.1) is 18.8 Å². The minimum atomic E-state index is -0.0374.